The first kappa shape index (κ1) is 34.0. The summed E-state index contributed by atoms with van der Waals surface area (Å²) in [5.74, 6) is 0. The Morgan fingerprint density at radius 3 is 1.14 bits per heavy atom. The third kappa shape index (κ3) is 6.46. The van der Waals surface area contributed by atoms with Gasteiger partial charge in [-0.3, -0.25) is 0 Å². The minimum absolute atomic E-state index is 1.08. The normalized spacial score (nSPS) is 11.2. The third-order valence-corrected chi connectivity index (χ3v) is 11.1. The van der Waals surface area contributed by atoms with E-state index >= 15 is 0 Å². The van der Waals surface area contributed by atoms with E-state index in [1.807, 2.05) is 0 Å². The first-order valence-corrected chi connectivity index (χ1v) is 19.6. The van der Waals surface area contributed by atoms with E-state index < -0.39 is 0 Å². The molecular weight excluding hydrogens is 687 g/mol. The van der Waals surface area contributed by atoms with E-state index in [4.69, 9.17) is 0 Å². The van der Waals surface area contributed by atoms with Crippen molar-refractivity contribution in [3.05, 3.63) is 237 Å². The maximum atomic E-state index is 2.43. The van der Waals surface area contributed by atoms with Gasteiger partial charge in [-0.2, -0.15) is 0 Å². The van der Waals surface area contributed by atoms with Gasteiger partial charge in [0.2, 0.25) is 0 Å². The monoisotopic (exact) mass is 725 g/mol. The molecule has 10 rings (SSSR count). The van der Waals surface area contributed by atoms with Gasteiger partial charge in [-0.25, -0.2) is 0 Å². The smallest absolute Gasteiger partial charge is 0.0546 e. The van der Waals surface area contributed by atoms with Crippen LogP contribution in [0.25, 0.3) is 77.2 Å². The first-order chi connectivity index (χ1) is 28.3. The average molecular weight is 726 g/mol. The molecule has 10 aromatic rings. The Hall–Kier alpha value is -7.48. The van der Waals surface area contributed by atoms with Crippen molar-refractivity contribution in [3.8, 4) is 55.6 Å². The van der Waals surface area contributed by atoms with Crippen molar-refractivity contribution in [2.75, 3.05) is 4.90 Å². The van der Waals surface area contributed by atoms with E-state index in [1.54, 1.807) is 0 Å². The molecule has 0 saturated heterocycles. The second-order valence-corrected chi connectivity index (χ2v) is 14.5. The molecule has 0 aliphatic heterocycles. The Labute approximate surface area is 334 Å². The van der Waals surface area contributed by atoms with Crippen LogP contribution in [0, 0.1) is 0 Å². The molecular formula is C56H39N. The Morgan fingerprint density at radius 2 is 0.596 bits per heavy atom. The molecule has 0 spiro atoms. The number of benzene rings is 10. The van der Waals surface area contributed by atoms with Crippen LogP contribution in [0.1, 0.15) is 0 Å². The molecule has 0 radical (unpaired) electrons. The van der Waals surface area contributed by atoms with Gasteiger partial charge in [-0.05, 0) is 102 Å². The lowest BCUT2D eigenvalue weighted by Gasteiger charge is -2.30. The van der Waals surface area contributed by atoms with Gasteiger partial charge < -0.3 is 4.90 Å². The molecule has 0 amide bonds. The summed E-state index contributed by atoms with van der Waals surface area (Å²) >= 11 is 0. The van der Waals surface area contributed by atoms with Gasteiger partial charge >= 0.3 is 0 Å². The summed E-state index contributed by atoms with van der Waals surface area (Å²) in [5.41, 5.74) is 15.2. The van der Waals surface area contributed by atoms with Gasteiger partial charge in [0, 0.05) is 16.9 Å². The number of anilines is 3. The van der Waals surface area contributed by atoms with Crippen LogP contribution >= 0.6 is 0 Å². The molecule has 0 N–H and O–H groups in total. The van der Waals surface area contributed by atoms with E-state index in [-0.39, 0.29) is 0 Å². The van der Waals surface area contributed by atoms with Crippen LogP contribution in [0.3, 0.4) is 0 Å². The van der Waals surface area contributed by atoms with Crippen molar-refractivity contribution in [1.29, 1.82) is 0 Å². The number of nitrogens with zero attached hydrogens (tertiary/aromatic N) is 1. The van der Waals surface area contributed by atoms with E-state index in [0.29, 0.717) is 0 Å². The highest BCUT2D eigenvalue weighted by Gasteiger charge is 2.23. The Bertz CT molecular complexity index is 2850. The van der Waals surface area contributed by atoms with Gasteiger partial charge in [-0.15, -0.1) is 0 Å². The van der Waals surface area contributed by atoms with Crippen molar-refractivity contribution < 1.29 is 0 Å². The fraction of sp³-hybridized carbons (Fsp3) is 0. The predicted molar refractivity (Wildman–Crippen MR) is 243 cm³/mol. The molecule has 0 aliphatic carbocycles. The zero-order valence-electron chi connectivity index (χ0n) is 31.5. The van der Waals surface area contributed by atoms with Crippen LogP contribution < -0.4 is 4.90 Å². The lowest BCUT2D eigenvalue weighted by molar-refractivity contribution is 1.28. The summed E-state index contributed by atoms with van der Waals surface area (Å²) in [7, 11) is 0. The molecule has 0 atom stereocenters. The van der Waals surface area contributed by atoms with E-state index in [9.17, 15) is 0 Å². The molecule has 0 fully saturated rings. The summed E-state index contributed by atoms with van der Waals surface area (Å²) in [4.78, 5) is 2.43. The molecule has 1 heteroatoms. The first-order valence-electron chi connectivity index (χ1n) is 19.6. The molecule has 0 saturated carbocycles. The molecule has 0 heterocycles. The molecule has 0 bridgehead atoms. The minimum atomic E-state index is 1.08. The maximum Gasteiger partial charge on any atom is 0.0546 e. The van der Waals surface area contributed by atoms with Crippen molar-refractivity contribution >= 4 is 38.6 Å². The van der Waals surface area contributed by atoms with Crippen LogP contribution in [0.4, 0.5) is 17.1 Å². The summed E-state index contributed by atoms with van der Waals surface area (Å²) in [5, 5.41) is 4.99. The average Bonchev–Trinajstić information content (AvgIpc) is 3.30. The van der Waals surface area contributed by atoms with Crippen molar-refractivity contribution in [2.45, 2.75) is 0 Å². The third-order valence-electron chi connectivity index (χ3n) is 11.1. The molecule has 57 heavy (non-hydrogen) atoms. The molecule has 10 aromatic carbocycles. The minimum Gasteiger partial charge on any atom is -0.310 e. The van der Waals surface area contributed by atoms with Gasteiger partial charge in [0.1, 0.15) is 0 Å². The topological polar surface area (TPSA) is 3.24 Å². The molecule has 1 nitrogen and oxygen atoms in total. The Balaban J connectivity index is 1.19. The Kier molecular flexibility index (Phi) is 8.95. The summed E-state index contributed by atoms with van der Waals surface area (Å²) in [6.07, 6.45) is 0. The predicted octanol–water partition coefficient (Wildman–Crippen LogP) is 15.8. The summed E-state index contributed by atoms with van der Waals surface area (Å²) in [6, 6.07) is 85.7. The molecule has 0 aliphatic rings. The SMILES string of the molecule is c1ccc(-c2ccccc2-c2c(-c3ccccc3)cccc2N(c2ccc(-c3cccc4ccccc34)cc2)c2ccc(-c3cccc4ccccc34)cc2)cc1. The number of hydrogen-bond donors (Lipinski definition) is 0. The largest absolute Gasteiger partial charge is 0.310 e. The highest BCUT2D eigenvalue weighted by molar-refractivity contribution is 6.02. The fourth-order valence-electron chi connectivity index (χ4n) is 8.40. The molecule has 268 valence electrons. The summed E-state index contributed by atoms with van der Waals surface area (Å²) in [6.45, 7) is 0. The van der Waals surface area contributed by atoms with Crippen LogP contribution in [0.5, 0.6) is 0 Å². The molecule has 0 aromatic heterocycles. The zero-order valence-corrected chi connectivity index (χ0v) is 31.5. The number of fused-ring (bicyclic) bond motifs is 2. The second kappa shape index (κ2) is 15.0. The zero-order chi connectivity index (χ0) is 38.0. The van der Waals surface area contributed by atoms with Gasteiger partial charge in [0.15, 0.2) is 0 Å². The van der Waals surface area contributed by atoms with Gasteiger partial charge in [0.25, 0.3) is 0 Å². The van der Waals surface area contributed by atoms with Crippen molar-refractivity contribution in [3.63, 3.8) is 0 Å². The van der Waals surface area contributed by atoms with E-state index in [2.05, 4.69) is 241 Å². The van der Waals surface area contributed by atoms with Gasteiger partial charge in [-0.1, -0.05) is 206 Å². The van der Waals surface area contributed by atoms with E-state index in [0.717, 1.165) is 17.1 Å². The highest BCUT2D eigenvalue weighted by Crippen LogP contribution is 2.48. The van der Waals surface area contributed by atoms with Gasteiger partial charge in [0.05, 0.1) is 5.69 Å². The van der Waals surface area contributed by atoms with Crippen LogP contribution in [0.2, 0.25) is 0 Å². The van der Waals surface area contributed by atoms with Crippen molar-refractivity contribution in [1.82, 2.24) is 0 Å². The second-order valence-electron chi connectivity index (χ2n) is 14.5. The van der Waals surface area contributed by atoms with E-state index in [1.165, 1.54) is 77.2 Å². The fourth-order valence-corrected chi connectivity index (χ4v) is 8.40. The standard InChI is InChI=1S/C56H39N/c1-3-16-40(17-4-1)52-26-11-12-27-54(52)56-53(43-18-5-2-6-19-43)30-15-31-55(56)57(46-36-32-44(33-37-46)50-28-13-22-41-20-7-9-24-48(41)50)47-38-34-45(35-39-47)51-29-14-23-42-21-8-10-25-49(42)51/h1-39H. The Morgan fingerprint density at radius 1 is 0.228 bits per heavy atom. The van der Waals surface area contributed by atoms with Crippen LogP contribution in [-0.2, 0) is 0 Å². The number of rotatable bonds is 8. The maximum absolute atomic E-state index is 2.43. The summed E-state index contributed by atoms with van der Waals surface area (Å²) < 4.78 is 0. The van der Waals surface area contributed by atoms with Crippen LogP contribution in [-0.4, -0.2) is 0 Å². The molecule has 0 unspecified atom stereocenters. The van der Waals surface area contributed by atoms with Crippen molar-refractivity contribution in [2.24, 2.45) is 0 Å². The quantitative estimate of drug-likeness (QED) is 0.151. The highest BCUT2D eigenvalue weighted by atomic mass is 15.1. The van der Waals surface area contributed by atoms with Crippen LogP contribution in [0.15, 0.2) is 237 Å². The lowest BCUT2D eigenvalue weighted by Crippen LogP contribution is -2.12. The lowest BCUT2D eigenvalue weighted by atomic mass is 9.87. The number of hydrogen-bond acceptors (Lipinski definition) is 1.